The summed E-state index contributed by atoms with van der Waals surface area (Å²) in [5, 5.41) is 0.381. The van der Waals surface area contributed by atoms with Gasteiger partial charge in [-0.2, -0.15) is 0 Å². The van der Waals surface area contributed by atoms with E-state index in [9.17, 15) is 4.79 Å². The number of halogens is 1. The fourth-order valence-electron chi connectivity index (χ4n) is 1.87. The van der Waals surface area contributed by atoms with Crippen LogP contribution < -0.4 is 0 Å². The fourth-order valence-corrected chi connectivity index (χ4v) is 2.19. The largest absolute Gasteiger partial charge is 0.293 e. The van der Waals surface area contributed by atoms with Crippen LogP contribution in [-0.2, 0) is 0 Å². The Kier molecular flexibility index (Phi) is 3.95. The topological polar surface area (TPSA) is 17.1 Å². The van der Waals surface area contributed by atoms with Crippen molar-refractivity contribution in [2.45, 2.75) is 13.3 Å². The maximum Gasteiger partial charge on any atom is 0.173 e. The molecule has 1 atom stereocenters. The minimum absolute atomic E-state index is 0.123. The molecule has 0 fully saturated rings. The first kappa shape index (κ1) is 12.3. The first-order valence-corrected chi connectivity index (χ1v) is 6.91. The Morgan fingerprint density at radius 3 is 2.59 bits per heavy atom. The van der Waals surface area contributed by atoms with Gasteiger partial charge < -0.3 is 0 Å². The lowest BCUT2D eigenvalue weighted by Gasteiger charge is -2.12. The van der Waals surface area contributed by atoms with Gasteiger partial charge in [0.15, 0.2) is 5.78 Å². The fraction of sp³-hybridized carbons (Fsp3) is 0.267. The highest BCUT2D eigenvalue weighted by Crippen LogP contribution is 2.24. The SMILES string of the molecule is CC1C=CC(c2ccc(C(=O)CBr)cc2)=CC1. The number of alkyl halides is 1. The van der Waals surface area contributed by atoms with Crippen molar-refractivity contribution in [1.82, 2.24) is 0 Å². The van der Waals surface area contributed by atoms with E-state index in [0.29, 0.717) is 11.2 Å². The molecule has 2 heteroatoms. The third kappa shape index (κ3) is 2.95. The van der Waals surface area contributed by atoms with Gasteiger partial charge in [0.1, 0.15) is 0 Å². The highest BCUT2D eigenvalue weighted by Gasteiger charge is 2.07. The molecule has 2 rings (SSSR count). The molecule has 0 amide bonds. The van der Waals surface area contributed by atoms with Crippen molar-refractivity contribution in [2.75, 3.05) is 5.33 Å². The van der Waals surface area contributed by atoms with E-state index >= 15 is 0 Å². The summed E-state index contributed by atoms with van der Waals surface area (Å²) in [4.78, 5) is 11.5. The molecule has 0 bridgehead atoms. The van der Waals surface area contributed by atoms with Crippen LogP contribution in [0.4, 0.5) is 0 Å². The Balaban J connectivity index is 2.19. The van der Waals surface area contributed by atoms with Crippen LogP contribution in [0.1, 0.15) is 29.3 Å². The van der Waals surface area contributed by atoms with E-state index in [2.05, 4.69) is 41.1 Å². The average molecular weight is 291 g/mol. The molecule has 0 heterocycles. The summed E-state index contributed by atoms with van der Waals surface area (Å²) >= 11 is 3.18. The lowest BCUT2D eigenvalue weighted by Crippen LogP contribution is -2.00. The number of ketones is 1. The third-order valence-electron chi connectivity index (χ3n) is 2.98. The number of benzene rings is 1. The third-order valence-corrected chi connectivity index (χ3v) is 3.48. The van der Waals surface area contributed by atoms with E-state index in [1.54, 1.807) is 0 Å². The second kappa shape index (κ2) is 5.46. The van der Waals surface area contributed by atoms with Crippen molar-refractivity contribution in [3.8, 4) is 0 Å². The Labute approximate surface area is 110 Å². The molecule has 88 valence electrons. The zero-order chi connectivity index (χ0) is 12.3. The van der Waals surface area contributed by atoms with Crippen molar-refractivity contribution in [3.05, 3.63) is 53.6 Å². The van der Waals surface area contributed by atoms with Gasteiger partial charge in [-0.05, 0) is 23.5 Å². The highest BCUT2D eigenvalue weighted by molar-refractivity contribution is 9.09. The minimum atomic E-state index is 0.123. The number of hydrogen-bond donors (Lipinski definition) is 0. The van der Waals surface area contributed by atoms with Crippen LogP contribution in [0, 0.1) is 5.92 Å². The van der Waals surface area contributed by atoms with Gasteiger partial charge in [-0.15, -0.1) is 0 Å². The van der Waals surface area contributed by atoms with E-state index in [-0.39, 0.29) is 5.78 Å². The van der Waals surface area contributed by atoms with Crippen molar-refractivity contribution >= 4 is 27.3 Å². The number of carbonyl (C=O) groups excluding carboxylic acids is 1. The molecule has 0 saturated heterocycles. The van der Waals surface area contributed by atoms with Crippen LogP contribution in [0.25, 0.3) is 5.57 Å². The molecule has 0 spiro atoms. The van der Waals surface area contributed by atoms with Crippen LogP contribution in [0.3, 0.4) is 0 Å². The first-order valence-electron chi connectivity index (χ1n) is 5.78. The Morgan fingerprint density at radius 2 is 2.06 bits per heavy atom. The molecule has 1 aromatic rings. The summed E-state index contributed by atoms with van der Waals surface area (Å²) < 4.78 is 0. The van der Waals surface area contributed by atoms with E-state index in [1.165, 1.54) is 11.1 Å². The predicted molar refractivity (Wildman–Crippen MR) is 75.5 cm³/mol. The summed E-state index contributed by atoms with van der Waals surface area (Å²) in [5.41, 5.74) is 3.19. The van der Waals surface area contributed by atoms with Crippen molar-refractivity contribution in [3.63, 3.8) is 0 Å². The minimum Gasteiger partial charge on any atom is -0.293 e. The van der Waals surface area contributed by atoms with Crippen molar-refractivity contribution in [1.29, 1.82) is 0 Å². The van der Waals surface area contributed by atoms with E-state index in [1.807, 2.05) is 24.3 Å². The predicted octanol–water partition coefficient (Wildman–Crippen LogP) is 4.24. The van der Waals surface area contributed by atoms with Gasteiger partial charge in [0, 0.05) is 5.56 Å². The van der Waals surface area contributed by atoms with Crippen LogP contribution in [0.5, 0.6) is 0 Å². The molecule has 1 aromatic carbocycles. The van der Waals surface area contributed by atoms with Gasteiger partial charge in [0.25, 0.3) is 0 Å². The average Bonchev–Trinajstić information content (AvgIpc) is 2.39. The second-order valence-corrected chi connectivity index (χ2v) is 4.93. The smallest absolute Gasteiger partial charge is 0.173 e. The lowest BCUT2D eigenvalue weighted by molar-refractivity contribution is 0.102. The molecule has 1 nitrogen and oxygen atoms in total. The van der Waals surface area contributed by atoms with E-state index < -0.39 is 0 Å². The number of allylic oxidation sites excluding steroid dienone is 4. The van der Waals surface area contributed by atoms with Gasteiger partial charge in [0.05, 0.1) is 5.33 Å². The van der Waals surface area contributed by atoms with Crippen LogP contribution in [-0.4, -0.2) is 11.1 Å². The highest BCUT2D eigenvalue weighted by atomic mass is 79.9. The maximum atomic E-state index is 11.5. The van der Waals surface area contributed by atoms with Gasteiger partial charge in [0.2, 0.25) is 0 Å². The molecule has 0 saturated carbocycles. The van der Waals surface area contributed by atoms with Gasteiger partial charge in [-0.1, -0.05) is 65.3 Å². The Bertz CT molecular complexity index is 468. The second-order valence-electron chi connectivity index (χ2n) is 4.37. The van der Waals surface area contributed by atoms with Crippen molar-refractivity contribution < 1.29 is 4.79 Å². The summed E-state index contributed by atoms with van der Waals surface area (Å²) in [7, 11) is 0. The summed E-state index contributed by atoms with van der Waals surface area (Å²) in [6.07, 6.45) is 7.74. The van der Waals surface area contributed by atoms with Crippen LogP contribution >= 0.6 is 15.9 Å². The molecular weight excluding hydrogens is 276 g/mol. The molecule has 1 unspecified atom stereocenters. The summed E-state index contributed by atoms with van der Waals surface area (Å²) in [6.45, 7) is 2.21. The molecule has 1 aliphatic rings. The quantitative estimate of drug-likeness (QED) is 0.601. The first-order chi connectivity index (χ1) is 8.20. The number of hydrogen-bond acceptors (Lipinski definition) is 1. The number of carbonyl (C=O) groups is 1. The zero-order valence-electron chi connectivity index (χ0n) is 9.82. The maximum absolute atomic E-state index is 11.5. The van der Waals surface area contributed by atoms with E-state index in [4.69, 9.17) is 0 Å². The molecule has 0 aliphatic heterocycles. The van der Waals surface area contributed by atoms with Gasteiger partial charge >= 0.3 is 0 Å². The van der Waals surface area contributed by atoms with Crippen molar-refractivity contribution in [2.24, 2.45) is 5.92 Å². The molecule has 0 N–H and O–H groups in total. The number of rotatable bonds is 3. The van der Waals surface area contributed by atoms with Crippen LogP contribution in [0.15, 0.2) is 42.5 Å². The monoisotopic (exact) mass is 290 g/mol. The van der Waals surface area contributed by atoms with Crippen LogP contribution in [0.2, 0.25) is 0 Å². The standard InChI is InChI=1S/C15H15BrO/c1-11-2-4-12(5-3-11)13-6-8-14(9-7-13)15(17)10-16/h2,4-9,11H,3,10H2,1H3. The normalized spacial score (nSPS) is 18.9. The molecule has 1 aliphatic carbocycles. The summed E-state index contributed by atoms with van der Waals surface area (Å²) in [6, 6.07) is 7.82. The Morgan fingerprint density at radius 1 is 1.35 bits per heavy atom. The molecule has 0 radical (unpaired) electrons. The zero-order valence-corrected chi connectivity index (χ0v) is 11.4. The Hall–Kier alpha value is -1.15. The van der Waals surface area contributed by atoms with Gasteiger partial charge in [-0.25, -0.2) is 0 Å². The number of Topliss-reactive ketones (excluding diaryl/α,β-unsaturated/α-hetero) is 1. The molecular formula is C15H15BrO. The van der Waals surface area contributed by atoms with E-state index in [0.717, 1.165) is 12.0 Å². The molecule has 17 heavy (non-hydrogen) atoms. The molecule has 0 aromatic heterocycles. The summed E-state index contributed by atoms with van der Waals surface area (Å²) in [5.74, 6) is 0.756. The lowest BCUT2D eigenvalue weighted by atomic mass is 9.93. The van der Waals surface area contributed by atoms with Gasteiger partial charge in [-0.3, -0.25) is 4.79 Å².